The molecule has 2 rings (SSSR count). The normalized spacial score (nSPS) is 15.3. The summed E-state index contributed by atoms with van der Waals surface area (Å²) >= 11 is 0. The molecule has 1 aromatic rings. The quantitative estimate of drug-likeness (QED) is 0.208. The van der Waals surface area contributed by atoms with Gasteiger partial charge in [-0.1, -0.05) is 0 Å². The smallest absolute Gasteiger partial charge is 0.191 e. The van der Waals surface area contributed by atoms with Crippen molar-refractivity contribution in [3.05, 3.63) is 23.9 Å². The number of likely N-dealkylation sites (N-methyl/N-ethyl adjacent to an activating group) is 2. The highest BCUT2D eigenvalue weighted by Gasteiger charge is 2.15. The number of hydrogen-bond acceptors (Lipinski definition) is 6. The summed E-state index contributed by atoms with van der Waals surface area (Å²) in [4.78, 5) is 15.9. The SMILES string of the molecule is CN=C(NCCN(C)CCCOC)NCc1ccnc(N2CCN(C)CC2)c1.I. The maximum absolute atomic E-state index is 5.10. The van der Waals surface area contributed by atoms with Crippen LogP contribution in [0.3, 0.4) is 0 Å². The molecule has 1 saturated heterocycles. The third-order valence-corrected chi connectivity index (χ3v) is 5.00. The van der Waals surface area contributed by atoms with Crippen molar-refractivity contribution in [3.8, 4) is 0 Å². The third-order valence-electron chi connectivity index (χ3n) is 5.00. The fourth-order valence-electron chi connectivity index (χ4n) is 3.14. The van der Waals surface area contributed by atoms with Crippen LogP contribution in [0.5, 0.6) is 0 Å². The Hall–Kier alpha value is -1.17. The monoisotopic (exact) mass is 519 g/mol. The largest absolute Gasteiger partial charge is 0.385 e. The Labute approximate surface area is 193 Å². The molecule has 9 heteroatoms. The van der Waals surface area contributed by atoms with E-state index in [4.69, 9.17) is 4.74 Å². The van der Waals surface area contributed by atoms with Gasteiger partial charge in [0.2, 0.25) is 0 Å². The van der Waals surface area contributed by atoms with Crippen LogP contribution in [0.4, 0.5) is 5.82 Å². The summed E-state index contributed by atoms with van der Waals surface area (Å²) in [6.45, 7) is 8.62. The van der Waals surface area contributed by atoms with Crippen LogP contribution in [0, 0.1) is 0 Å². The fraction of sp³-hybridized carbons (Fsp3) is 0.700. The van der Waals surface area contributed by atoms with Crippen LogP contribution < -0.4 is 15.5 Å². The first-order valence-electron chi connectivity index (χ1n) is 10.1. The molecule has 0 unspecified atom stereocenters. The van der Waals surface area contributed by atoms with Gasteiger partial charge in [-0.2, -0.15) is 0 Å². The molecule has 8 nitrogen and oxygen atoms in total. The summed E-state index contributed by atoms with van der Waals surface area (Å²) in [6.07, 6.45) is 2.95. The van der Waals surface area contributed by atoms with E-state index in [2.05, 4.69) is 61.5 Å². The summed E-state index contributed by atoms with van der Waals surface area (Å²) in [7, 11) is 7.85. The van der Waals surface area contributed by atoms with Gasteiger partial charge in [0.05, 0.1) is 0 Å². The minimum atomic E-state index is 0. The van der Waals surface area contributed by atoms with Gasteiger partial charge in [0.1, 0.15) is 5.82 Å². The van der Waals surface area contributed by atoms with Crippen molar-refractivity contribution in [3.63, 3.8) is 0 Å². The standard InChI is InChI=1S/C20H37N7O.HI/c1-21-20(23-8-10-25(2)9-5-15-28-4)24-17-18-6-7-22-19(16-18)27-13-11-26(3)12-14-27;/h6-7,16H,5,8-15,17H2,1-4H3,(H2,21,23,24);1H. The molecule has 1 aliphatic heterocycles. The van der Waals surface area contributed by atoms with Gasteiger partial charge in [-0.25, -0.2) is 4.98 Å². The van der Waals surface area contributed by atoms with E-state index in [1.165, 1.54) is 5.56 Å². The Kier molecular flexibility index (Phi) is 13.2. The number of piperazine rings is 1. The van der Waals surface area contributed by atoms with Gasteiger partial charge in [-0.3, -0.25) is 4.99 Å². The molecule has 0 atom stereocenters. The first-order chi connectivity index (χ1) is 13.6. The molecule has 0 bridgehead atoms. The van der Waals surface area contributed by atoms with Gasteiger partial charge in [-0.15, -0.1) is 24.0 Å². The highest BCUT2D eigenvalue weighted by Crippen LogP contribution is 2.14. The van der Waals surface area contributed by atoms with Crippen molar-refractivity contribution in [1.29, 1.82) is 0 Å². The Bertz CT molecular complexity index is 594. The van der Waals surface area contributed by atoms with E-state index in [9.17, 15) is 0 Å². The van der Waals surface area contributed by atoms with Crippen LogP contribution in [0.1, 0.15) is 12.0 Å². The number of methoxy groups -OCH3 is 1. The minimum absolute atomic E-state index is 0. The van der Waals surface area contributed by atoms with E-state index >= 15 is 0 Å². The number of rotatable bonds is 10. The maximum atomic E-state index is 5.10. The van der Waals surface area contributed by atoms with E-state index in [0.29, 0.717) is 0 Å². The van der Waals surface area contributed by atoms with Crippen LogP contribution >= 0.6 is 24.0 Å². The maximum Gasteiger partial charge on any atom is 0.191 e. The first kappa shape index (κ1) is 25.9. The molecule has 1 aliphatic rings. The van der Waals surface area contributed by atoms with Crippen LogP contribution in [-0.2, 0) is 11.3 Å². The fourth-order valence-corrected chi connectivity index (χ4v) is 3.14. The van der Waals surface area contributed by atoms with Gasteiger partial charge in [0.25, 0.3) is 0 Å². The van der Waals surface area contributed by atoms with Gasteiger partial charge in [0.15, 0.2) is 5.96 Å². The molecule has 166 valence electrons. The molecule has 0 aliphatic carbocycles. The van der Waals surface area contributed by atoms with E-state index in [0.717, 1.165) is 77.2 Å². The lowest BCUT2D eigenvalue weighted by Crippen LogP contribution is -2.44. The summed E-state index contributed by atoms with van der Waals surface area (Å²) in [5.41, 5.74) is 1.21. The predicted octanol–water partition coefficient (Wildman–Crippen LogP) is 1.08. The lowest BCUT2D eigenvalue weighted by atomic mass is 10.2. The molecule has 0 amide bonds. The molecule has 0 radical (unpaired) electrons. The van der Waals surface area contributed by atoms with Gasteiger partial charge in [0, 0.05) is 79.3 Å². The zero-order valence-electron chi connectivity index (χ0n) is 18.4. The van der Waals surface area contributed by atoms with Crippen molar-refractivity contribution in [2.75, 3.05) is 85.6 Å². The lowest BCUT2D eigenvalue weighted by molar-refractivity contribution is 0.180. The van der Waals surface area contributed by atoms with Crippen molar-refractivity contribution in [2.45, 2.75) is 13.0 Å². The van der Waals surface area contributed by atoms with Gasteiger partial charge in [-0.05, 0) is 38.2 Å². The van der Waals surface area contributed by atoms with E-state index in [-0.39, 0.29) is 24.0 Å². The van der Waals surface area contributed by atoms with Crippen LogP contribution in [0.2, 0.25) is 0 Å². The predicted molar refractivity (Wildman–Crippen MR) is 132 cm³/mol. The summed E-state index contributed by atoms with van der Waals surface area (Å²) < 4.78 is 5.10. The molecule has 2 N–H and O–H groups in total. The first-order valence-corrected chi connectivity index (χ1v) is 10.1. The number of aliphatic imine (C=N–C) groups is 1. The molecule has 1 fully saturated rings. The Morgan fingerprint density at radius 3 is 2.69 bits per heavy atom. The van der Waals surface area contributed by atoms with E-state index in [1.807, 2.05) is 6.20 Å². The van der Waals surface area contributed by atoms with Crippen molar-refractivity contribution in [2.24, 2.45) is 4.99 Å². The zero-order valence-corrected chi connectivity index (χ0v) is 20.7. The number of pyridine rings is 1. The van der Waals surface area contributed by atoms with E-state index < -0.39 is 0 Å². The van der Waals surface area contributed by atoms with Crippen LogP contribution in [-0.4, -0.2) is 101 Å². The molecule has 0 saturated carbocycles. The average Bonchev–Trinajstić information content (AvgIpc) is 2.71. The third kappa shape index (κ3) is 9.92. The number of nitrogens with one attached hydrogen (secondary N) is 2. The topological polar surface area (TPSA) is 68.3 Å². The molecular weight excluding hydrogens is 481 g/mol. The van der Waals surface area contributed by atoms with Crippen molar-refractivity contribution >= 4 is 35.8 Å². The summed E-state index contributed by atoms with van der Waals surface area (Å²) in [6, 6.07) is 4.23. The molecule has 0 spiro atoms. The van der Waals surface area contributed by atoms with Crippen LogP contribution in [0.15, 0.2) is 23.3 Å². The lowest BCUT2D eigenvalue weighted by Gasteiger charge is -2.33. The number of nitrogens with zero attached hydrogens (tertiary/aromatic N) is 5. The second-order valence-corrected chi connectivity index (χ2v) is 7.31. The second kappa shape index (κ2) is 14.8. The Balaban J connectivity index is 0.00000420. The number of aromatic nitrogens is 1. The highest BCUT2D eigenvalue weighted by molar-refractivity contribution is 14.0. The molecule has 0 aromatic carbocycles. The second-order valence-electron chi connectivity index (χ2n) is 7.31. The van der Waals surface area contributed by atoms with E-state index in [1.54, 1.807) is 14.2 Å². The van der Waals surface area contributed by atoms with Gasteiger partial charge >= 0.3 is 0 Å². The van der Waals surface area contributed by atoms with Crippen molar-refractivity contribution in [1.82, 2.24) is 25.4 Å². The van der Waals surface area contributed by atoms with Crippen molar-refractivity contribution < 1.29 is 4.74 Å². The number of guanidine groups is 1. The number of anilines is 1. The Morgan fingerprint density at radius 2 is 2.00 bits per heavy atom. The minimum Gasteiger partial charge on any atom is -0.385 e. The molecule has 29 heavy (non-hydrogen) atoms. The zero-order chi connectivity index (χ0) is 20.2. The molecule has 1 aromatic heterocycles. The average molecular weight is 519 g/mol. The number of hydrogen-bond donors (Lipinski definition) is 2. The highest BCUT2D eigenvalue weighted by atomic mass is 127. The summed E-state index contributed by atoms with van der Waals surface area (Å²) in [5.74, 6) is 1.89. The number of halogens is 1. The van der Waals surface area contributed by atoms with Crippen LogP contribution in [0.25, 0.3) is 0 Å². The molecule has 2 heterocycles. The number of ether oxygens (including phenoxy) is 1. The molecular formula is C20H38IN7O. The Morgan fingerprint density at radius 1 is 1.24 bits per heavy atom. The van der Waals surface area contributed by atoms with Gasteiger partial charge < -0.3 is 30.1 Å². The summed E-state index contributed by atoms with van der Waals surface area (Å²) in [5, 5.41) is 6.77.